The molecule has 0 aromatic carbocycles. The Kier molecular flexibility index (Phi) is 4.58. The molecule has 0 aromatic heterocycles. The highest BCUT2D eigenvalue weighted by Gasteiger charge is 2.02. The maximum absolute atomic E-state index is 10.6. The summed E-state index contributed by atoms with van der Waals surface area (Å²) in [6.45, 7) is 7.14. The lowest BCUT2D eigenvalue weighted by atomic mass is 10.7. The molecule has 0 aliphatic carbocycles. The van der Waals surface area contributed by atoms with Crippen molar-refractivity contribution in [3.63, 3.8) is 0 Å². The molecule has 0 N–H and O–H groups in total. The lowest BCUT2D eigenvalue weighted by Crippen LogP contribution is -2.14. The average Bonchev–Trinajstić information content (AvgIpc) is 1.88. The summed E-state index contributed by atoms with van der Waals surface area (Å²) >= 11 is 0. The van der Waals surface area contributed by atoms with E-state index in [2.05, 4.69) is 6.58 Å². The van der Waals surface area contributed by atoms with E-state index in [1.807, 2.05) is 25.2 Å². The number of hydrogen-bond acceptors (Lipinski definition) is 2. The molecule has 1 unspecified atom stereocenters. The van der Waals surface area contributed by atoms with Crippen LogP contribution in [-0.2, 0) is 9.22 Å². The molecule has 0 spiro atoms. The Labute approximate surface area is 62.9 Å². The molecule has 0 amide bonds. The fourth-order valence-electron chi connectivity index (χ4n) is 0.542. The molecule has 0 fully saturated rings. The van der Waals surface area contributed by atoms with Crippen LogP contribution in [0.4, 0.5) is 0 Å². The van der Waals surface area contributed by atoms with Crippen molar-refractivity contribution < 1.29 is 9.22 Å². The van der Waals surface area contributed by atoms with Crippen LogP contribution >= 0.6 is 0 Å². The van der Waals surface area contributed by atoms with Gasteiger partial charge in [0.1, 0.15) is 0 Å². The molecule has 0 aliphatic heterocycles. The second-order valence-corrected chi connectivity index (χ2v) is 3.90. The maximum atomic E-state index is 10.6. The minimum atomic E-state index is -1.38. The van der Waals surface area contributed by atoms with Gasteiger partial charge in [-0.15, -0.1) is 0 Å². The normalized spacial score (nSPS) is 13.0. The molecule has 0 heterocycles. The predicted octanol–water partition coefficient (Wildman–Crippen LogP) is 1.18. The molecule has 10 heavy (non-hydrogen) atoms. The summed E-state index contributed by atoms with van der Waals surface area (Å²) in [5.74, 6) is -0.322. The van der Waals surface area contributed by atoms with Crippen molar-refractivity contribution in [2.75, 3.05) is 0 Å². The smallest absolute Gasteiger partial charge is 0.316 e. The Morgan fingerprint density at radius 3 is 2.70 bits per heavy atom. The summed E-state index contributed by atoms with van der Waals surface area (Å²) in [6, 6.07) is 0. The summed E-state index contributed by atoms with van der Waals surface area (Å²) < 4.78 is 4.94. The van der Waals surface area contributed by atoms with Crippen molar-refractivity contribution >= 4 is 15.0 Å². The van der Waals surface area contributed by atoms with Crippen LogP contribution in [0.2, 0.25) is 6.55 Å². The van der Waals surface area contributed by atoms with Gasteiger partial charge < -0.3 is 4.43 Å². The Balaban J connectivity index is 3.67. The molecule has 56 valence electrons. The fraction of sp³-hybridized carbons (Fsp3) is 0.286. The highest BCUT2D eigenvalue weighted by atomic mass is 28.3. The number of rotatable bonds is 3. The molecule has 0 radical (unpaired) electrons. The van der Waals surface area contributed by atoms with Crippen molar-refractivity contribution in [3.05, 3.63) is 24.4 Å². The van der Waals surface area contributed by atoms with Gasteiger partial charge in [-0.1, -0.05) is 18.4 Å². The third-order valence-corrected chi connectivity index (χ3v) is 2.46. The largest absolute Gasteiger partial charge is 0.515 e. The summed E-state index contributed by atoms with van der Waals surface area (Å²) in [5, 5.41) is 0. The van der Waals surface area contributed by atoms with Crippen molar-refractivity contribution in [2.24, 2.45) is 0 Å². The zero-order chi connectivity index (χ0) is 7.98. The molecular formula is C7H12O2Si. The van der Waals surface area contributed by atoms with E-state index in [0.29, 0.717) is 0 Å². The lowest BCUT2D eigenvalue weighted by molar-refractivity contribution is -0.129. The van der Waals surface area contributed by atoms with Crippen LogP contribution in [0.3, 0.4) is 0 Å². The number of hydrogen-bond donors (Lipinski definition) is 0. The van der Waals surface area contributed by atoms with Crippen LogP contribution in [0.25, 0.3) is 0 Å². The van der Waals surface area contributed by atoms with Gasteiger partial charge in [0.2, 0.25) is 0 Å². The third-order valence-electron chi connectivity index (χ3n) is 0.932. The zero-order valence-corrected chi connectivity index (χ0v) is 7.49. The van der Waals surface area contributed by atoms with Crippen LogP contribution in [-0.4, -0.2) is 15.0 Å². The van der Waals surface area contributed by atoms with E-state index >= 15 is 0 Å². The summed E-state index contributed by atoms with van der Waals surface area (Å²) in [4.78, 5) is 10.6. The van der Waals surface area contributed by atoms with E-state index in [1.54, 1.807) is 0 Å². The zero-order valence-electron chi connectivity index (χ0n) is 6.33. The van der Waals surface area contributed by atoms with Gasteiger partial charge in [0.05, 0.1) is 0 Å². The quantitative estimate of drug-likeness (QED) is 0.453. The SMILES string of the molecule is C=CC(=O)O[SiH](C)C=CC. The summed E-state index contributed by atoms with van der Waals surface area (Å²) in [7, 11) is -1.38. The minimum absolute atomic E-state index is 0.322. The Morgan fingerprint density at radius 2 is 2.30 bits per heavy atom. The Morgan fingerprint density at radius 1 is 1.70 bits per heavy atom. The topological polar surface area (TPSA) is 26.3 Å². The van der Waals surface area contributed by atoms with Crippen molar-refractivity contribution in [2.45, 2.75) is 13.5 Å². The molecule has 0 rings (SSSR count). The van der Waals surface area contributed by atoms with Crippen LogP contribution in [0.15, 0.2) is 24.4 Å². The van der Waals surface area contributed by atoms with E-state index in [9.17, 15) is 4.79 Å². The monoisotopic (exact) mass is 156 g/mol. The van der Waals surface area contributed by atoms with E-state index in [-0.39, 0.29) is 5.97 Å². The first kappa shape index (κ1) is 9.17. The van der Waals surface area contributed by atoms with Gasteiger partial charge in [0.25, 0.3) is 9.04 Å². The number of allylic oxidation sites excluding steroid dienone is 1. The van der Waals surface area contributed by atoms with Crippen LogP contribution in [0.1, 0.15) is 6.92 Å². The van der Waals surface area contributed by atoms with Crippen molar-refractivity contribution in [1.82, 2.24) is 0 Å². The third kappa shape index (κ3) is 4.09. The first-order valence-electron chi connectivity index (χ1n) is 3.16. The molecular weight excluding hydrogens is 144 g/mol. The van der Waals surface area contributed by atoms with E-state index < -0.39 is 9.04 Å². The molecule has 2 nitrogen and oxygen atoms in total. The van der Waals surface area contributed by atoms with E-state index in [4.69, 9.17) is 4.43 Å². The second-order valence-electron chi connectivity index (χ2n) is 1.87. The standard InChI is InChI=1S/C7H12O2Si/c1-4-6-10(3)9-7(8)5-2/h4-6,10H,2H2,1,3H3. The highest BCUT2D eigenvalue weighted by molar-refractivity contribution is 6.58. The van der Waals surface area contributed by atoms with Gasteiger partial charge in [0.15, 0.2) is 0 Å². The summed E-state index contributed by atoms with van der Waals surface area (Å²) in [6.07, 6.45) is 3.08. The molecule has 1 atom stereocenters. The molecule has 0 bridgehead atoms. The van der Waals surface area contributed by atoms with E-state index in [0.717, 1.165) is 0 Å². The first-order chi connectivity index (χ1) is 4.70. The minimum Gasteiger partial charge on any atom is -0.515 e. The van der Waals surface area contributed by atoms with Crippen LogP contribution < -0.4 is 0 Å². The maximum Gasteiger partial charge on any atom is 0.316 e. The van der Waals surface area contributed by atoms with Gasteiger partial charge in [0, 0.05) is 6.08 Å². The summed E-state index contributed by atoms with van der Waals surface area (Å²) in [5.41, 5.74) is 1.93. The van der Waals surface area contributed by atoms with E-state index in [1.165, 1.54) is 6.08 Å². The lowest BCUT2D eigenvalue weighted by Gasteiger charge is -2.03. The Bertz CT molecular complexity index is 152. The van der Waals surface area contributed by atoms with Crippen LogP contribution in [0, 0.1) is 0 Å². The first-order valence-corrected chi connectivity index (χ1v) is 5.46. The van der Waals surface area contributed by atoms with Gasteiger partial charge in [-0.05, 0) is 13.5 Å². The number of carbonyl (C=O) groups excluding carboxylic acids is 1. The van der Waals surface area contributed by atoms with Gasteiger partial charge in [-0.3, -0.25) is 0 Å². The molecule has 0 aliphatic rings. The molecule has 3 heteroatoms. The predicted molar refractivity (Wildman–Crippen MR) is 44.1 cm³/mol. The highest BCUT2D eigenvalue weighted by Crippen LogP contribution is 1.89. The van der Waals surface area contributed by atoms with Gasteiger partial charge >= 0.3 is 5.97 Å². The van der Waals surface area contributed by atoms with Gasteiger partial charge in [-0.25, -0.2) is 4.79 Å². The van der Waals surface area contributed by atoms with Gasteiger partial charge in [-0.2, -0.15) is 0 Å². The fourth-order valence-corrected chi connectivity index (χ4v) is 1.62. The van der Waals surface area contributed by atoms with Crippen molar-refractivity contribution in [1.29, 1.82) is 0 Å². The second kappa shape index (κ2) is 4.99. The molecule has 0 aromatic rings. The average molecular weight is 156 g/mol. The molecule has 0 saturated carbocycles. The Hall–Kier alpha value is -0.833. The van der Waals surface area contributed by atoms with Crippen molar-refractivity contribution in [3.8, 4) is 0 Å². The molecule has 0 saturated heterocycles. The number of carbonyl (C=O) groups is 1. The van der Waals surface area contributed by atoms with Crippen LogP contribution in [0.5, 0.6) is 0 Å².